The quantitative estimate of drug-likeness (QED) is 0.877. The molecule has 1 N–H and O–H groups in total. The van der Waals surface area contributed by atoms with Crippen LogP contribution in [-0.2, 0) is 6.54 Å². The lowest BCUT2D eigenvalue weighted by Crippen LogP contribution is -2.01. The molecule has 0 unspecified atom stereocenters. The molecule has 2 aromatic rings. The maximum atomic E-state index is 13.3. The highest BCUT2D eigenvalue weighted by Crippen LogP contribution is 2.13. The van der Waals surface area contributed by atoms with Crippen LogP contribution in [0.2, 0.25) is 0 Å². The molecule has 0 aliphatic carbocycles. The Balaban J connectivity index is 2.08. The van der Waals surface area contributed by atoms with Crippen LogP contribution in [0.3, 0.4) is 0 Å². The number of nitriles is 1. The van der Waals surface area contributed by atoms with Gasteiger partial charge >= 0.3 is 0 Å². The Morgan fingerprint density at radius 3 is 3.00 bits per heavy atom. The van der Waals surface area contributed by atoms with Crippen molar-refractivity contribution in [1.29, 1.82) is 5.26 Å². The number of nitrogens with one attached hydrogen (secondary N) is 1. The zero-order valence-corrected chi connectivity index (χ0v) is 9.02. The molecule has 0 radical (unpaired) electrons. The lowest BCUT2D eigenvalue weighted by atomic mass is 10.1. The molecule has 0 fully saturated rings. The molecule has 3 nitrogen and oxygen atoms in total. The van der Waals surface area contributed by atoms with Gasteiger partial charge in [-0.2, -0.15) is 5.26 Å². The Morgan fingerprint density at radius 1 is 1.35 bits per heavy atom. The van der Waals surface area contributed by atoms with Crippen LogP contribution in [-0.4, -0.2) is 4.98 Å². The first-order valence-corrected chi connectivity index (χ1v) is 5.12. The second kappa shape index (κ2) is 5.08. The normalized spacial score (nSPS) is 9.65. The Bertz CT molecular complexity index is 561. The number of rotatable bonds is 3. The van der Waals surface area contributed by atoms with Gasteiger partial charge in [-0.05, 0) is 23.8 Å². The molecule has 4 heteroatoms. The second-order valence-corrected chi connectivity index (χ2v) is 3.52. The molecule has 0 bridgehead atoms. The second-order valence-electron chi connectivity index (χ2n) is 3.52. The predicted octanol–water partition coefficient (Wildman–Crippen LogP) is 2.70. The summed E-state index contributed by atoms with van der Waals surface area (Å²) < 4.78 is 13.3. The Labute approximate surface area is 98.5 Å². The highest BCUT2D eigenvalue weighted by Gasteiger charge is 2.00. The number of halogens is 1. The van der Waals surface area contributed by atoms with E-state index in [1.54, 1.807) is 24.3 Å². The molecule has 1 heterocycles. The third-order valence-electron chi connectivity index (χ3n) is 2.31. The summed E-state index contributed by atoms with van der Waals surface area (Å²) in [6, 6.07) is 10.8. The van der Waals surface area contributed by atoms with Crippen LogP contribution in [0.25, 0.3) is 0 Å². The van der Waals surface area contributed by atoms with Crippen LogP contribution in [0.15, 0.2) is 42.7 Å². The van der Waals surface area contributed by atoms with Crippen molar-refractivity contribution in [3.63, 3.8) is 0 Å². The average Bonchev–Trinajstić information content (AvgIpc) is 2.38. The van der Waals surface area contributed by atoms with E-state index in [-0.39, 0.29) is 5.82 Å². The van der Waals surface area contributed by atoms with Crippen LogP contribution in [0.1, 0.15) is 11.1 Å². The fourth-order valence-corrected chi connectivity index (χ4v) is 1.47. The van der Waals surface area contributed by atoms with E-state index in [9.17, 15) is 4.39 Å². The number of benzene rings is 1. The molecule has 0 aliphatic heterocycles. The van der Waals surface area contributed by atoms with Gasteiger partial charge in [0.1, 0.15) is 0 Å². The minimum Gasteiger partial charge on any atom is -0.379 e. The van der Waals surface area contributed by atoms with Crippen LogP contribution >= 0.6 is 0 Å². The van der Waals surface area contributed by atoms with Crippen molar-refractivity contribution < 1.29 is 4.39 Å². The molecule has 1 aromatic heterocycles. The molecule has 0 atom stereocenters. The standard InChI is InChI=1S/C13H10FN3/c14-12-9-16-5-4-13(12)17-8-11-3-1-2-10(6-11)7-15/h1-6,9H,8H2,(H,16,17). The Hall–Kier alpha value is -2.41. The smallest absolute Gasteiger partial charge is 0.164 e. The van der Waals surface area contributed by atoms with E-state index in [4.69, 9.17) is 5.26 Å². The number of hydrogen-bond acceptors (Lipinski definition) is 3. The summed E-state index contributed by atoms with van der Waals surface area (Å²) in [6.45, 7) is 0.469. The summed E-state index contributed by atoms with van der Waals surface area (Å²) in [7, 11) is 0. The van der Waals surface area contributed by atoms with Gasteiger partial charge in [-0.25, -0.2) is 4.39 Å². The van der Waals surface area contributed by atoms with E-state index in [1.807, 2.05) is 6.07 Å². The number of aromatic nitrogens is 1. The monoisotopic (exact) mass is 227 g/mol. The molecule has 0 amide bonds. The third kappa shape index (κ3) is 2.79. The lowest BCUT2D eigenvalue weighted by Gasteiger charge is -2.07. The van der Waals surface area contributed by atoms with Gasteiger partial charge in [-0.15, -0.1) is 0 Å². The van der Waals surface area contributed by atoms with Gasteiger partial charge in [0.15, 0.2) is 5.82 Å². The highest BCUT2D eigenvalue weighted by atomic mass is 19.1. The largest absolute Gasteiger partial charge is 0.379 e. The van der Waals surface area contributed by atoms with E-state index >= 15 is 0 Å². The van der Waals surface area contributed by atoms with Gasteiger partial charge in [0.05, 0.1) is 23.5 Å². The number of anilines is 1. The van der Waals surface area contributed by atoms with Gasteiger partial charge in [-0.1, -0.05) is 12.1 Å². The third-order valence-corrected chi connectivity index (χ3v) is 2.31. The van der Waals surface area contributed by atoms with Gasteiger partial charge in [-0.3, -0.25) is 4.98 Å². The van der Waals surface area contributed by atoms with Gasteiger partial charge in [0.2, 0.25) is 0 Å². The summed E-state index contributed by atoms with van der Waals surface area (Å²) >= 11 is 0. The fourth-order valence-electron chi connectivity index (χ4n) is 1.47. The topological polar surface area (TPSA) is 48.7 Å². The molecular formula is C13H10FN3. The molecule has 2 rings (SSSR count). The van der Waals surface area contributed by atoms with Crippen molar-refractivity contribution in [3.05, 3.63) is 59.7 Å². The first-order chi connectivity index (χ1) is 8.29. The number of nitrogens with zero attached hydrogens (tertiary/aromatic N) is 2. The summed E-state index contributed by atoms with van der Waals surface area (Å²) in [5.74, 6) is -0.385. The van der Waals surface area contributed by atoms with Crippen molar-refractivity contribution in [2.75, 3.05) is 5.32 Å². The molecule has 0 saturated heterocycles. The molecule has 1 aromatic carbocycles. The van der Waals surface area contributed by atoms with E-state index in [1.165, 1.54) is 6.20 Å². The van der Waals surface area contributed by atoms with Gasteiger partial charge in [0.25, 0.3) is 0 Å². The highest BCUT2D eigenvalue weighted by molar-refractivity contribution is 5.44. The first-order valence-electron chi connectivity index (χ1n) is 5.12. The maximum Gasteiger partial charge on any atom is 0.164 e. The van der Waals surface area contributed by atoms with Crippen molar-refractivity contribution in [2.24, 2.45) is 0 Å². The van der Waals surface area contributed by atoms with Gasteiger partial charge in [0, 0.05) is 12.7 Å². The van der Waals surface area contributed by atoms with Crippen molar-refractivity contribution in [2.45, 2.75) is 6.54 Å². The number of pyridine rings is 1. The molecule has 0 saturated carbocycles. The van der Waals surface area contributed by atoms with E-state index < -0.39 is 0 Å². The predicted molar refractivity (Wildman–Crippen MR) is 62.7 cm³/mol. The Kier molecular flexibility index (Phi) is 3.31. The van der Waals surface area contributed by atoms with Crippen LogP contribution < -0.4 is 5.32 Å². The first kappa shape index (κ1) is 11.1. The molecule has 84 valence electrons. The van der Waals surface area contributed by atoms with Crippen molar-refractivity contribution in [3.8, 4) is 6.07 Å². The van der Waals surface area contributed by atoms with E-state index in [0.717, 1.165) is 11.8 Å². The van der Waals surface area contributed by atoms with Crippen LogP contribution in [0, 0.1) is 17.1 Å². The van der Waals surface area contributed by atoms with Crippen LogP contribution in [0.4, 0.5) is 10.1 Å². The van der Waals surface area contributed by atoms with Crippen molar-refractivity contribution in [1.82, 2.24) is 4.98 Å². The molecule has 0 spiro atoms. The summed E-state index contributed by atoms with van der Waals surface area (Å²) in [5.41, 5.74) is 1.93. The summed E-state index contributed by atoms with van der Waals surface area (Å²) in [4.78, 5) is 3.67. The lowest BCUT2D eigenvalue weighted by molar-refractivity contribution is 0.624. The minimum absolute atomic E-state index is 0.385. The zero-order valence-electron chi connectivity index (χ0n) is 9.02. The zero-order chi connectivity index (χ0) is 12.1. The van der Waals surface area contributed by atoms with E-state index in [0.29, 0.717) is 17.8 Å². The van der Waals surface area contributed by atoms with Gasteiger partial charge < -0.3 is 5.32 Å². The number of hydrogen-bond donors (Lipinski definition) is 1. The average molecular weight is 227 g/mol. The van der Waals surface area contributed by atoms with Crippen molar-refractivity contribution >= 4 is 5.69 Å². The fraction of sp³-hybridized carbons (Fsp3) is 0.0769. The molecule has 17 heavy (non-hydrogen) atoms. The SMILES string of the molecule is N#Cc1cccc(CNc2ccncc2F)c1. The summed E-state index contributed by atoms with van der Waals surface area (Å²) in [6.07, 6.45) is 2.69. The van der Waals surface area contributed by atoms with E-state index in [2.05, 4.69) is 16.4 Å². The maximum absolute atomic E-state index is 13.3. The van der Waals surface area contributed by atoms with Crippen LogP contribution in [0.5, 0.6) is 0 Å². The molecule has 0 aliphatic rings. The Morgan fingerprint density at radius 2 is 2.24 bits per heavy atom. The summed E-state index contributed by atoms with van der Waals surface area (Å²) in [5, 5.41) is 11.7. The molecular weight excluding hydrogens is 217 g/mol. The minimum atomic E-state index is -0.385.